The largest absolute Gasteiger partial charge is 0.313 e. The lowest BCUT2D eigenvalue weighted by atomic mass is 10.1. The smallest absolute Gasteiger partial charge is 0.146 e. The third kappa shape index (κ3) is 3.35. The second kappa shape index (κ2) is 5.11. The number of likely N-dealkylation sites (N-methyl/N-ethyl adjacent to an activating group) is 1. The van der Waals surface area contributed by atoms with Crippen LogP contribution in [0.15, 0.2) is 0 Å². The summed E-state index contributed by atoms with van der Waals surface area (Å²) >= 11 is 0. The zero-order chi connectivity index (χ0) is 7.98. The van der Waals surface area contributed by atoms with Gasteiger partial charge in [0.2, 0.25) is 0 Å². The first-order chi connectivity index (χ1) is 4.72. The molecule has 0 aromatic heterocycles. The monoisotopic (exact) mass is 142 g/mol. The third-order valence-corrected chi connectivity index (χ3v) is 1.44. The normalized spacial score (nSPS) is 12.6. The quantitative estimate of drug-likeness (QED) is 0.552. The van der Waals surface area contributed by atoms with Crippen LogP contribution in [-0.2, 0) is 4.79 Å². The molecule has 3 nitrogen and oxygen atoms in total. The molecule has 0 rings (SSSR count). The summed E-state index contributed by atoms with van der Waals surface area (Å²) in [5.41, 5.74) is 0. The summed E-state index contributed by atoms with van der Waals surface area (Å²) in [6.45, 7) is 1.56. The van der Waals surface area contributed by atoms with Gasteiger partial charge in [-0.1, -0.05) is 0 Å². The van der Waals surface area contributed by atoms with Crippen LogP contribution in [0.25, 0.3) is 0 Å². The fourth-order valence-corrected chi connectivity index (χ4v) is 0.801. The van der Waals surface area contributed by atoms with Gasteiger partial charge in [-0.15, -0.1) is 0 Å². The van der Waals surface area contributed by atoms with E-state index < -0.39 is 0 Å². The number of hydrogen-bond donors (Lipinski definition) is 2. The third-order valence-electron chi connectivity index (χ3n) is 1.44. The molecule has 2 N–H and O–H groups in total. The van der Waals surface area contributed by atoms with E-state index in [0.717, 1.165) is 6.42 Å². The number of rotatable bonds is 5. The molecular weight excluding hydrogens is 128 g/mol. The van der Waals surface area contributed by atoms with Crippen molar-refractivity contribution >= 4 is 12.0 Å². The van der Waals surface area contributed by atoms with Gasteiger partial charge in [-0.2, -0.15) is 0 Å². The van der Waals surface area contributed by atoms with Crippen molar-refractivity contribution in [3.05, 3.63) is 0 Å². The molecule has 0 heterocycles. The molecule has 0 aliphatic rings. The van der Waals surface area contributed by atoms with E-state index in [4.69, 9.17) is 5.41 Å². The molecule has 0 spiro atoms. The Kier molecular flexibility index (Phi) is 4.76. The Morgan fingerprint density at radius 1 is 1.80 bits per heavy atom. The van der Waals surface area contributed by atoms with Crippen LogP contribution in [0, 0.1) is 5.41 Å². The van der Waals surface area contributed by atoms with Crippen LogP contribution in [0.2, 0.25) is 0 Å². The van der Waals surface area contributed by atoms with Crippen LogP contribution in [0.3, 0.4) is 0 Å². The fraction of sp³-hybridized carbons (Fsp3) is 0.714. The first kappa shape index (κ1) is 9.30. The summed E-state index contributed by atoms with van der Waals surface area (Å²) in [6.07, 6.45) is 2.73. The maximum atomic E-state index is 10.7. The summed E-state index contributed by atoms with van der Waals surface area (Å²) < 4.78 is 0. The van der Waals surface area contributed by atoms with Gasteiger partial charge in [0.15, 0.2) is 0 Å². The van der Waals surface area contributed by atoms with Crippen molar-refractivity contribution in [2.75, 3.05) is 7.05 Å². The fourth-order valence-electron chi connectivity index (χ4n) is 0.801. The molecule has 0 aliphatic heterocycles. The number of hydrogen-bond acceptors (Lipinski definition) is 3. The minimum atomic E-state index is -0.0680. The maximum absolute atomic E-state index is 10.7. The van der Waals surface area contributed by atoms with Crippen LogP contribution >= 0.6 is 0 Å². The Morgan fingerprint density at radius 2 is 2.40 bits per heavy atom. The number of carbonyl (C=O) groups is 1. The van der Waals surface area contributed by atoms with Crippen molar-refractivity contribution in [3.63, 3.8) is 0 Å². The highest BCUT2D eigenvalue weighted by molar-refractivity contribution is 5.81. The Morgan fingerprint density at radius 3 is 2.70 bits per heavy atom. The average Bonchev–Trinajstić information content (AvgIpc) is 1.89. The topological polar surface area (TPSA) is 53.0 Å². The van der Waals surface area contributed by atoms with E-state index in [0.29, 0.717) is 6.42 Å². The first-order valence-corrected chi connectivity index (χ1v) is 3.39. The standard InChI is InChI=1S/C7H14N2O/c1-6(10)7(9-2)4-3-5-8/h5,7-9H,3-4H2,1-2H3/t7-/m1/s1. The predicted molar refractivity (Wildman–Crippen MR) is 41.5 cm³/mol. The van der Waals surface area contributed by atoms with Crippen molar-refractivity contribution < 1.29 is 4.79 Å². The van der Waals surface area contributed by atoms with Gasteiger partial charge < -0.3 is 10.7 Å². The average molecular weight is 142 g/mol. The van der Waals surface area contributed by atoms with Gasteiger partial charge in [0.05, 0.1) is 6.04 Å². The second-order valence-corrected chi connectivity index (χ2v) is 2.23. The van der Waals surface area contributed by atoms with Gasteiger partial charge in [0.25, 0.3) is 0 Å². The molecule has 58 valence electrons. The highest BCUT2D eigenvalue weighted by atomic mass is 16.1. The summed E-state index contributed by atoms with van der Waals surface area (Å²) in [4.78, 5) is 10.7. The molecule has 3 heteroatoms. The van der Waals surface area contributed by atoms with Gasteiger partial charge in [-0.25, -0.2) is 0 Å². The Hall–Kier alpha value is -0.700. The van der Waals surface area contributed by atoms with Crippen LogP contribution in [0.5, 0.6) is 0 Å². The molecule has 10 heavy (non-hydrogen) atoms. The number of carbonyl (C=O) groups excluding carboxylic acids is 1. The van der Waals surface area contributed by atoms with Crippen LogP contribution < -0.4 is 5.32 Å². The molecular formula is C7H14N2O. The van der Waals surface area contributed by atoms with Crippen LogP contribution in [0.1, 0.15) is 19.8 Å². The minimum absolute atomic E-state index is 0.0680. The first-order valence-electron chi connectivity index (χ1n) is 3.39. The lowest BCUT2D eigenvalue weighted by Crippen LogP contribution is -2.32. The minimum Gasteiger partial charge on any atom is -0.313 e. The highest BCUT2D eigenvalue weighted by Crippen LogP contribution is 1.94. The molecule has 0 radical (unpaired) electrons. The Bertz CT molecular complexity index is 123. The van der Waals surface area contributed by atoms with Crippen LogP contribution in [0.4, 0.5) is 0 Å². The molecule has 0 amide bonds. The van der Waals surface area contributed by atoms with E-state index >= 15 is 0 Å². The second-order valence-electron chi connectivity index (χ2n) is 2.23. The van der Waals surface area contributed by atoms with Gasteiger partial charge in [0, 0.05) is 0 Å². The van der Waals surface area contributed by atoms with E-state index in [1.54, 1.807) is 14.0 Å². The van der Waals surface area contributed by atoms with Crippen LogP contribution in [-0.4, -0.2) is 25.1 Å². The van der Waals surface area contributed by atoms with Crippen molar-refractivity contribution in [2.45, 2.75) is 25.8 Å². The summed E-state index contributed by atoms with van der Waals surface area (Å²) in [5.74, 6) is 0.143. The van der Waals surface area contributed by atoms with Gasteiger partial charge in [-0.3, -0.25) is 4.79 Å². The summed E-state index contributed by atoms with van der Waals surface area (Å²) in [6, 6.07) is -0.0680. The van der Waals surface area contributed by atoms with Crippen molar-refractivity contribution in [2.24, 2.45) is 0 Å². The Balaban J connectivity index is 3.60. The van der Waals surface area contributed by atoms with Crippen molar-refractivity contribution in [1.29, 1.82) is 5.41 Å². The van der Waals surface area contributed by atoms with E-state index in [9.17, 15) is 4.79 Å². The molecule has 0 aromatic carbocycles. The molecule has 0 saturated heterocycles. The number of ketones is 1. The molecule has 1 atom stereocenters. The lowest BCUT2D eigenvalue weighted by Gasteiger charge is -2.09. The molecule has 0 aromatic rings. The SMILES string of the molecule is CN[C@H](CCC=N)C(C)=O. The van der Waals surface area contributed by atoms with E-state index in [2.05, 4.69) is 5.32 Å². The van der Waals surface area contributed by atoms with Gasteiger partial charge in [-0.05, 0) is 33.0 Å². The summed E-state index contributed by atoms with van der Waals surface area (Å²) in [5, 5.41) is 9.63. The van der Waals surface area contributed by atoms with Gasteiger partial charge in [0.1, 0.15) is 5.78 Å². The highest BCUT2D eigenvalue weighted by Gasteiger charge is 2.08. The molecule has 0 aliphatic carbocycles. The molecule has 0 bridgehead atoms. The predicted octanol–water partition coefficient (Wildman–Crippen LogP) is 0.593. The lowest BCUT2D eigenvalue weighted by molar-refractivity contribution is -0.118. The molecule has 0 saturated carbocycles. The van der Waals surface area contributed by atoms with Crippen molar-refractivity contribution in [1.82, 2.24) is 5.32 Å². The van der Waals surface area contributed by atoms with E-state index in [-0.39, 0.29) is 11.8 Å². The van der Waals surface area contributed by atoms with E-state index in [1.807, 2.05) is 0 Å². The molecule has 0 unspecified atom stereocenters. The zero-order valence-corrected chi connectivity index (χ0v) is 6.48. The van der Waals surface area contributed by atoms with E-state index in [1.165, 1.54) is 6.21 Å². The Labute approximate surface area is 61.3 Å². The zero-order valence-electron chi connectivity index (χ0n) is 6.48. The van der Waals surface area contributed by atoms with Crippen molar-refractivity contribution in [3.8, 4) is 0 Å². The number of Topliss-reactive ketones (excluding diaryl/α,β-unsaturated/α-hetero) is 1. The summed E-state index contributed by atoms with van der Waals surface area (Å²) in [7, 11) is 1.76. The molecule has 0 fully saturated rings. The van der Waals surface area contributed by atoms with Gasteiger partial charge >= 0.3 is 0 Å². The number of nitrogens with one attached hydrogen (secondary N) is 2. The maximum Gasteiger partial charge on any atom is 0.146 e.